The van der Waals surface area contributed by atoms with Crippen LogP contribution in [0.4, 0.5) is 0 Å². The number of halogens is 1. The van der Waals surface area contributed by atoms with Crippen LogP contribution in [0, 0.1) is 0 Å². The minimum Gasteiger partial charge on any atom is -0.349 e. The number of benzene rings is 1. The highest BCUT2D eigenvalue weighted by Crippen LogP contribution is 2.26. The summed E-state index contributed by atoms with van der Waals surface area (Å²) >= 11 is 0. The first-order valence-electron chi connectivity index (χ1n) is 7.52. The summed E-state index contributed by atoms with van der Waals surface area (Å²) in [5.74, 6) is 0.276. The van der Waals surface area contributed by atoms with E-state index in [4.69, 9.17) is 0 Å². The van der Waals surface area contributed by atoms with Crippen molar-refractivity contribution in [1.82, 2.24) is 15.1 Å². The van der Waals surface area contributed by atoms with Crippen LogP contribution in [0.2, 0.25) is 0 Å². The second-order valence-electron chi connectivity index (χ2n) is 5.89. The quantitative estimate of drug-likeness (QED) is 0.825. The predicted molar refractivity (Wildman–Crippen MR) is 94.1 cm³/mol. The Kier molecular flexibility index (Phi) is 5.52. The highest BCUT2D eigenvalue weighted by Gasteiger charge is 2.32. The fraction of sp³-hybridized carbons (Fsp3) is 0.467. The fourth-order valence-electron chi connectivity index (χ4n) is 2.93. The Balaban J connectivity index is 0.00000208. The third kappa shape index (κ3) is 3.40. The number of carbonyl (C=O) groups excluding carboxylic acids is 1. The van der Waals surface area contributed by atoms with Crippen molar-refractivity contribution >= 4 is 34.2 Å². The van der Waals surface area contributed by atoms with E-state index in [0.717, 1.165) is 19.5 Å². The molecule has 1 aromatic carbocycles. The third-order valence-electron chi connectivity index (χ3n) is 4.32. The standard InChI is InChI=1S/C15H20N4O3S.ClH/c1-18(10-14(20)19(2)11-7-8-16-9-11)15-12-5-3-4-6-13(12)23(21,22)17-15;/h3-6,11,16H,7-10H2,1-2H3;1H. The van der Waals surface area contributed by atoms with E-state index in [2.05, 4.69) is 9.71 Å². The van der Waals surface area contributed by atoms with Gasteiger partial charge in [-0.2, -0.15) is 8.42 Å². The van der Waals surface area contributed by atoms with Crippen molar-refractivity contribution in [2.24, 2.45) is 4.40 Å². The lowest BCUT2D eigenvalue weighted by Crippen LogP contribution is -2.44. The second-order valence-corrected chi connectivity index (χ2v) is 7.47. The maximum Gasteiger partial charge on any atom is 0.285 e. The number of nitrogens with one attached hydrogen (secondary N) is 1. The summed E-state index contributed by atoms with van der Waals surface area (Å²) in [7, 11) is -0.184. The van der Waals surface area contributed by atoms with Gasteiger partial charge in [-0.25, -0.2) is 0 Å². The first-order chi connectivity index (χ1) is 10.9. The Hall–Kier alpha value is -1.64. The van der Waals surface area contributed by atoms with E-state index in [1.54, 1.807) is 42.1 Å². The molecule has 1 unspecified atom stereocenters. The molecule has 132 valence electrons. The van der Waals surface area contributed by atoms with Crippen molar-refractivity contribution in [2.45, 2.75) is 17.4 Å². The molecular formula is C15H21ClN4O3S. The van der Waals surface area contributed by atoms with Gasteiger partial charge in [-0.15, -0.1) is 16.8 Å². The van der Waals surface area contributed by atoms with E-state index >= 15 is 0 Å². The average Bonchev–Trinajstić information content (AvgIpc) is 3.14. The van der Waals surface area contributed by atoms with Crippen LogP contribution in [-0.4, -0.2) is 69.7 Å². The molecule has 1 atom stereocenters. The molecule has 1 amide bonds. The van der Waals surface area contributed by atoms with Gasteiger partial charge in [-0.1, -0.05) is 12.1 Å². The largest absolute Gasteiger partial charge is 0.349 e. The van der Waals surface area contributed by atoms with Crippen molar-refractivity contribution < 1.29 is 13.2 Å². The summed E-state index contributed by atoms with van der Waals surface area (Å²) in [5, 5.41) is 3.23. The molecule has 1 N–H and O–H groups in total. The molecule has 0 radical (unpaired) electrons. The van der Waals surface area contributed by atoms with Gasteiger partial charge >= 0.3 is 0 Å². The molecule has 2 aliphatic heterocycles. The van der Waals surface area contributed by atoms with E-state index in [0.29, 0.717) is 11.4 Å². The van der Waals surface area contributed by atoms with E-state index in [9.17, 15) is 13.2 Å². The lowest BCUT2D eigenvalue weighted by Gasteiger charge is -2.27. The first kappa shape index (κ1) is 18.7. The monoisotopic (exact) mass is 372 g/mol. The summed E-state index contributed by atoms with van der Waals surface area (Å²) < 4.78 is 28.0. The number of hydrogen-bond donors (Lipinski definition) is 1. The lowest BCUT2D eigenvalue weighted by atomic mass is 10.2. The van der Waals surface area contributed by atoms with E-state index in [-0.39, 0.29) is 35.8 Å². The molecule has 1 saturated heterocycles. The van der Waals surface area contributed by atoms with E-state index < -0.39 is 10.0 Å². The zero-order valence-corrected chi connectivity index (χ0v) is 15.2. The van der Waals surface area contributed by atoms with Crippen molar-refractivity contribution in [1.29, 1.82) is 0 Å². The Bertz CT molecular complexity index is 760. The van der Waals surface area contributed by atoms with Gasteiger partial charge in [0.1, 0.15) is 4.90 Å². The highest BCUT2D eigenvalue weighted by atomic mass is 35.5. The lowest BCUT2D eigenvalue weighted by molar-refractivity contribution is -0.131. The van der Waals surface area contributed by atoms with Crippen LogP contribution in [-0.2, 0) is 14.8 Å². The molecule has 24 heavy (non-hydrogen) atoms. The number of nitrogens with zero attached hydrogens (tertiary/aromatic N) is 3. The number of hydrogen-bond acceptors (Lipinski definition) is 5. The molecule has 1 fully saturated rings. The smallest absolute Gasteiger partial charge is 0.285 e. The van der Waals surface area contributed by atoms with Gasteiger partial charge in [0.2, 0.25) is 5.91 Å². The van der Waals surface area contributed by atoms with Gasteiger partial charge in [-0.3, -0.25) is 4.79 Å². The molecule has 1 aromatic rings. The van der Waals surface area contributed by atoms with Crippen molar-refractivity contribution in [3.8, 4) is 0 Å². The number of carbonyl (C=O) groups is 1. The van der Waals surface area contributed by atoms with Crippen molar-refractivity contribution in [2.75, 3.05) is 33.7 Å². The number of amidine groups is 1. The number of rotatable bonds is 3. The minimum atomic E-state index is -3.66. The molecule has 0 spiro atoms. The Morgan fingerprint density at radius 2 is 2.04 bits per heavy atom. The zero-order chi connectivity index (χ0) is 16.6. The molecule has 0 aliphatic carbocycles. The molecule has 7 nitrogen and oxygen atoms in total. The average molecular weight is 373 g/mol. The number of amides is 1. The van der Waals surface area contributed by atoms with Gasteiger partial charge in [0.05, 0.1) is 6.54 Å². The molecule has 3 rings (SSSR count). The van der Waals surface area contributed by atoms with Crippen LogP contribution in [0.15, 0.2) is 33.6 Å². The maximum absolute atomic E-state index is 12.4. The summed E-state index contributed by atoms with van der Waals surface area (Å²) in [6.07, 6.45) is 0.935. The van der Waals surface area contributed by atoms with Crippen LogP contribution >= 0.6 is 12.4 Å². The molecule has 2 heterocycles. The third-order valence-corrected chi connectivity index (χ3v) is 5.65. The Labute approximate surface area is 148 Å². The minimum absolute atomic E-state index is 0. The second kappa shape index (κ2) is 7.08. The van der Waals surface area contributed by atoms with Crippen LogP contribution in [0.3, 0.4) is 0 Å². The van der Waals surface area contributed by atoms with Crippen molar-refractivity contribution in [3.05, 3.63) is 29.8 Å². The SMILES string of the molecule is CN(CC(=O)N(C)C1CCNC1)C1=NS(=O)(=O)c2ccccc21.Cl. The van der Waals surface area contributed by atoms with E-state index in [1.807, 2.05) is 0 Å². The zero-order valence-electron chi connectivity index (χ0n) is 13.6. The molecule has 9 heteroatoms. The number of sulfonamides is 1. The number of fused-ring (bicyclic) bond motifs is 1. The van der Waals surface area contributed by atoms with Gasteiger partial charge in [0.25, 0.3) is 10.0 Å². The highest BCUT2D eigenvalue weighted by molar-refractivity contribution is 7.90. The van der Waals surface area contributed by atoms with Gasteiger partial charge in [-0.05, 0) is 25.1 Å². The Morgan fingerprint density at radius 3 is 2.71 bits per heavy atom. The van der Waals surface area contributed by atoms with Crippen LogP contribution in [0.1, 0.15) is 12.0 Å². The summed E-state index contributed by atoms with van der Waals surface area (Å²) in [5.41, 5.74) is 0.549. The topological polar surface area (TPSA) is 82.1 Å². The Morgan fingerprint density at radius 1 is 1.33 bits per heavy atom. The summed E-state index contributed by atoms with van der Waals surface area (Å²) in [6, 6.07) is 6.87. The van der Waals surface area contributed by atoms with Gasteiger partial charge < -0.3 is 15.1 Å². The summed E-state index contributed by atoms with van der Waals surface area (Å²) in [4.78, 5) is 15.9. The van der Waals surface area contributed by atoms with Crippen LogP contribution in [0.25, 0.3) is 0 Å². The molecule has 0 saturated carbocycles. The molecular weight excluding hydrogens is 352 g/mol. The molecule has 0 bridgehead atoms. The fourth-order valence-corrected chi connectivity index (χ4v) is 4.18. The van der Waals surface area contributed by atoms with Gasteiger partial charge in [0, 0.05) is 32.2 Å². The maximum atomic E-state index is 12.4. The summed E-state index contributed by atoms with van der Waals surface area (Å²) in [6.45, 7) is 1.80. The predicted octanol–water partition coefficient (Wildman–Crippen LogP) is 0.309. The molecule has 0 aromatic heterocycles. The van der Waals surface area contributed by atoms with E-state index in [1.165, 1.54) is 6.07 Å². The first-order valence-corrected chi connectivity index (χ1v) is 8.96. The molecule has 2 aliphatic rings. The van der Waals surface area contributed by atoms with Crippen LogP contribution < -0.4 is 5.32 Å². The van der Waals surface area contributed by atoms with Crippen molar-refractivity contribution in [3.63, 3.8) is 0 Å². The van der Waals surface area contributed by atoms with Crippen LogP contribution in [0.5, 0.6) is 0 Å². The normalized spacial score (nSPS) is 20.8. The van der Waals surface area contributed by atoms with Gasteiger partial charge in [0.15, 0.2) is 5.84 Å². The number of likely N-dealkylation sites (N-methyl/N-ethyl adjacent to an activating group) is 2.